The minimum atomic E-state index is -0.872. The van der Waals surface area contributed by atoms with E-state index in [2.05, 4.69) is 17.0 Å². The van der Waals surface area contributed by atoms with Gasteiger partial charge in [-0.05, 0) is 36.1 Å². The van der Waals surface area contributed by atoms with Crippen LogP contribution >= 0.6 is 0 Å². The molecular formula is C19H20FN2O2+. The molecule has 1 N–H and O–H groups in total. The first kappa shape index (κ1) is 16.5. The summed E-state index contributed by atoms with van der Waals surface area (Å²) in [6.45, 7) is 2.23. The summed E-state index contributed by atoms with van der Waals surface area (Å²) >= 11 is 0. The van der Waals surface area contributed by atoms with Crippen molar-refractivity contribution in [2.24, 2.45) is 0 Å². The molecule has 0 aliphatic carbocycles. The fourth-order valence-corrected chi connectivity index (χ4v) is 3.45. The Morgan fingerprint density at radius 2 is 1.67 bits per heavy atom. The summed E-state index contributed by atoms with van der Waals surface area (Å²) < 4.78 is 13.2. The average Bonchev–Trinajstić information content (AvgIpc) is 2.63. The Hall–Kier alpha value is -2.40. The monoisotopic (exact) mass is 327 g/mol. The van der Waals surface area contributed by atoms with Crippen molar-refractivity contribution >= 4 is 5.91 Å². The number of nitroso groups, excluding NO2 is 1. The molecule has 0 radical (unpaired) electrons. The van der Waals surface area contributed by atoms with Crippen LogP contribution in [-0.2, 0) is 16.8 Å². The van der Waals surface area contributed by atoms with Crippen LogP contribution in [0.2, 0.25) is 0 Å². The molecule has 1 aliphatic rings. The Labute approximate surface area is 140 Å². The van der Waals surface area contributed by atoms with Gasteiger partial charge < -0.3 is 0 Å². The van der Waals surface area contributed by atoms with E-state index in [1.165, 1.54) is 17.7 Å². The standard InChI is InChI=1S/C19H19FN2O2/c20-17-8-6-16(7-9-17)19(18(23)21-24)10-12-22(13-11-19)14-15-4-2-1-3-5-15/h1-9H,10-14H2/p+1. The summed E-state index contributed by atoms with van der Waals surface area (Å²) in [6, 6.07) is 16.0. The third-order valence-electron chi connectivity index (χ3n) is 4.88. The van der Waals surface area contributed by atoms with E-state index in [0.717, 1.165) is 6.54 Å². The highest BCUT2D eigenvalue weighted by Crippen LogP contribution is 2.35. The summed E-state index contributed by atoms with van der Waals surface area (Å²) in [5.74, 6) is -0.883. The maximum absolute atomic E-state index is 13.2. The molecule has 2 aromatic rings. The highest BCUT2D eigenvalue weighted by Gasteiger charge is 2.47. The molecule has 0 saturated carbocycles. The van der Waals surface area contributed by atoms with Crippen molar-refractivity contribution in [3.05, 3.63) is 76.4 Å². The maximum atomic E-state index is 13.2. The lowest BCUT2D eigenvalue weighted by Gasteiger charge is -2.37. The van der Waals surface area contributed by atoms with Crippen LogP contribution in [0.5, 0.6) is 0 Å². The van der Waals surface area contributed by atoms with Gasteiger partial charge in [0.1, 0.15) is 11.2 Å². The number of halogens is 1. The van der Waals surface area contributed by atoms with Gasteiger partial charge in [-0.1, -0.05) is 42.5 Å². The summed E-state index contributed by atoms with van der Waals surface area (Å²) in [5, 5.41) is 1.55. The normalized spacial score (nSPS) is 17.4. The van der Waals surface area contributed by atoms with Gasteiger partial charge in [0.2, 0.25) is 0 Å². The molecule has 0 atom stereocenters. The van der Waals surface area contributed by atoms with Crippen LogP contribution in [0.15, 0.2) is 54.6 Å². The van der Waals surface area contributed by atoms with Crippen LogP contribution < -0.4 is 5.18 Å². The molecule has 0 bridgehead atoms. The average molecular weight is 327 g/mol. The molecule has 24 heavy (non-hydrogen) atoms. The first-order chi connectivity index (χ1) is 11.6. The number of hydrogen-bond donors (Lipinski definition) is 1. The van der Waals surface area contributed by atoms with Gasteiger partial charge in [0, 0.05) is 24.5 Å². The molecular weight excluding hydrogens is 307 g/mol. The minimum absolute atomic E-state index is 0.349. The zero-order valence-corrected chi connectivity index (χ0v) is 13.4. The molecule has 1 heterocycles. The van der Waals surface area contributed by atoms with Crippen LogP contribution in [0.4, 0.5) is 4.39 Å². The lowest BCUT2D eigenvalue weighted by molar-refractivity contribution is -0.406. The van der Waals surface area contributed by atoms with Gasteiger partial charge in [0.25, 0.3) is 0 Å². The molecule has 0 aromatic heterocycles. The van der Waals surface area contributed by atoms with E-state index in [1.807, 2.05) is 18.2 Å². The van der Waals surface area contributed by atoms with Crippen molar-refractivity contribution in [1.82, 2.24) is 4.90 Å². The van der Waals surface area contributed by atoms with Crippen molar-refractivity contribution in [1.29, 1.82) is 0 Å². The van der Waals surface area contributed by atoms with Crippen LogP contribution in [0.1, 0.15) is 24.0 Å². The Bertz CT molecular complexity index is 708. The number of amides is 1. The summed E-state index contributed by atoms with van der Waals surface area (Å²) in [7, 11) is 0. The summed E-state index contributed by atoms with van der Waals surface area (Å²) in [5.41, 5.74) is 1.06. The number of rotatable bonds is 4. The highest BCUT2D eigenvalue weighted by molar-refractivity contribution is 5.80. The van der Waals surface area contributed by atoms with Crippen LogP contribution in [0.3, 0.4) is 0 Å². The topological polar surface area (TPSA) is 51.4 Å². The number of nitrogens with zero attached hydrogens (tertiary/aromatic N) is 1. The van der Waals surface area contributed by atoms with Crippen LogP contribution in [0, 0.1) is 10.7 Å². The molecule has 1 fully saturated rings. The van der Waals surface area contributed by atoms with Gasteiger partial charge in [0.15, 0.2) is 0 Å². The minimum Gasteiger partial charge on any atom is -0.299 e. The fourth-order valence-electron chi connectivity index (χ4n) is 3.45. The van der Waals surface area contributed by atoms with Crippen molar-refractivity contribution < 1.29 is 14.4 Å². The highest BCUT2D eigenvalue weighted by atomic mass is 19.1. The van der Waals surface area contributed by atoms with Crippen molar-refractivity contribution in [2.75, 3.05) is 13.1 Å². The number of likely N-dealkylation sites (tertiary alicyclic amines) is 1. The van der Waals surface area contributed by atoms with Gasteiger partial charge in [0.05, 0.1) is 5.18 Å². The molecule has 2 aromatic carbocycles. The van der Waals surface area contributed by atoms with Crippen LogP contribution in [-0.4, -0.2) is 23.9 Å². The third-order valence-corrected chi connectivity index (χ3v) is 4.88. The number of carbonyl (C=O) groups excluding carboxylic acids is 1. The first-order valence-electron chi connectivity index (χ1n) is 8.09. The van der Waals surface area contributed by atoms with E-state index in [-0.39, 0.29) is 5.82 Å². The summed E-state index contributed by atoms with van der Waals surface area (Å²) in [6.07, 6.45) is 1.08. The van der Waals surface area contributed by atoms with E-state index >= 15 is 0 Å². The van der Waals surface area contributed by atoms with Gasteiger partial charge in [-0.25, -0.2) is 9.18 Å². The smallest absolute Gasteiger partial charge is 0.299 e. The maximum Gasteiger partial charge on any atom is 0.441 e. The molecule has 0 spiro atoms. The second-order valence-electron chi connectivity index (χ2n) is 6.28. The van der Waals surface area contributed by atoms with E-state index < -0.39 is 11.3 Å². The van der Waals surface area contributed by atoms with Crippen LogP contribution in [0.25, 0.3) is 0 Å². The quantitative estimate of drug-likeness (QED) is 0.930. The second kappa shape index (κ2) is 7.01. The van der Waals surface area contributed by atoms with Gasteiger partial charge in [-0.2, -0.15) is 0 Å². The number of benzene rings is 2. The van der Waals surface area contributed by atoms with Crippen molar-refractivity contribution in [2.45, 2.75) is 24.8 Å². The lowest BCUT2D eigenvalue weighted by Crippen LogP contribution is -2.77. The van der Waals surface area contributed by atoms with E-state index in [9.17, 15) is 14.1 Å². The Morgan fingerprint density at radius 3 is 2.25 bits per heavy atom. The molecule has 0 unspecified atom stereocenters. The van der Waals surface area contributed by atoms with Gasteiger partial charge in [-0.15, -0.1) is 0 Å². The molecule has 5 heteroatoms. The summed E-state index contributed by atoms with van der Waals surface area (Å²) in [4.78, 5) is 25.6. The SMILES string of the molecule is O=[NH+]C(=O)C1(c2ccc(F)cc2)CCN(Cc2ccccc2)CC1. The fraction of sp³-hybridized carbons (Fsp3) is 0.316. The first-order valence-corrected chi connectivity index (χ1v) is 8.09. The van der Waals surface area contributed by atoms with E-state index in [0.29, 0.717) is 31.5 Å². The zero-order chi connectivity index (χ0) is 17.0. The largest absolute Gasteiger partial charge is 0.441 e. The number of nitrogens with one attached hydrogen (secondary N) is 1. The van der Waals surface area contributed by atoms with Crippen molar-refractivity contribution in [3.63, 3.8) is 0 Å². The third kappa shape index (κ3) is 3.26. The van der Waals surface area contributed by atoms with E-state index in [1.54, 1.807) is 17.3 Å². The number of hydrogen-bond acceptors (Lipinski definition) is 3. The molecule has 1 aliphatic heterocycles. The zero-order valence-electron chi connectivity index (χ0n) is 13.4. The molecule has 1 amide bonds. The molecule has 1 saturated heterocycles. The lowest BCUT2D eigenvalue weighted by atomic mass is 9.72. The Morgan fingerprint density at radius 1 is 1.04 bits per heavy atom. The number of piperidine rings is 1. The van der Waals surface area contributed by atoms with Crippen molar-refractivity contribution in [3.8, 4) is 0 Å². The Balaban J connectivity index is 1.77. The Kier molecular flexibility index (Phi) is 4.81. The molecule has 3 rings (SSSR count). The van der Waals surface area contributed by atoms with E-state index in [4.69, 9.17) is 0 Å². The number of carbonyl (C=O) groups is 1. The predicted octanol–water partition coefficient (Wildman–Crippen LogP) is 1.73. The molecule has 124 valence electrons. The van der Waals surface area contributed by atoms with Gasteiger partial charge >= 0.3 is 5.91 Å². The second-order valence-corrected chi connectivity index (χ2v) is 6.28. The predicted molar refractivity (Wildman–Crippen MR) is 88.4 cm³/mol. The molecule has 4 nitrogen and oxygen atoms in total. The van der Waals surface area contributed by atoms with Gasteiger partial charge in [-0.3, -0.25) is 4.90 Å².